The zero-order valence-electron chi connectivity index (χ0n) is 12.8. The normalized spacial score (nSPS) is 9.87. The SMILES string of the molecule is C#Cc1c(-c2ccccc2)oc(N(C)c2ccccc2)c1C#C. The number of furan rings is 1. The van der Waals surface area contributed by atoms with E-state index in [9.17, 15) is 0 Å². The summed E-state index contributed by atoms with van der Waals surface area (Å²) < 4.78 is 6.07. The molecule has 0 N–H and O–H groups in total. The lowest BCUT2D eigenvalue weighted by molar-refractivity contribution is 0.583. The van der Waals surface area contributed by atoms with Gasteiger partial charge in [0.1, 0.15) is 5.56 Å². The van der Waals surface area contributed by atoms with E-state index in [1.165, 1.54) is 0 Å². The van der Waals surface area contributed by atoms with E-state index in [1.54, 1.807) is 0 Å². The van der Waals surface area contributed by atoms with Gasteiger partial charge in [-0.2, -0.15) is 0 Å². The first-order chi connectivity index (χ1) is 11.3. The Morgan fingerprint density at radius 1 is 0.826 bits per heavy atom. The molecule has 2 heteroatoms. The Bertz CT molecular complexity index is 893. The Hall–Kier alpha value is -3.36. The topological polar surface area (TPSA) is 16.4 Å². The van der Waals surface area contributed by atoms with Gasteiger partial charge in [-0.1, -0.05) is 60.4 Å². The Kier molecular flexibility index (Phi) is 3.91. The molecule has 0 radical (unpaired) electrons. The van der Waals surface area contributed by atoms with Gasteiger partial charge in [-0.25, -0.2) is 0 Å². The fourth-order valence-corrected chi connectivity index (χ4v) is 2.49. The Morgan fingerprint density at radius 2 is 1.39 bits per heavy atom. The highest BCUT2D eigenvalue weighted by atomic mass is 16.4. The molecule has 2 nitrogen and oxygen atoms in total. The van der Waals surface area contributed by atoms with Gasteiger partial charge >= 0.3 is 0 Å². The average Bonchev–Trinajstić information content (AvgIpc) is 3.01. The summed E-state index contributed by atoms with van der Waals surface area (Å²) in [6.45, 7) is 0. The van der Waals surface area contributed by atoms with Gasteiger partial charge in [0.15, 0.2) is 5.76 Å². The highest BCUT2D eigenvalue weighted by Crippen LogP contribution is 2.37. The van der Waals surface area contributed by atoms with E-state index in [2.05, 4.69) is 11.8 Å². The summed E-state index contributed by atoms with van der Waals surface area (Å²) >= 11 is 0. The maximum absolute atomic E-state index is 6.07. The fourth-order valence-electron chi connectivity index (χ4n) is 2.49. The van der Waals surface area contributed by atoms with Crippen molar-refractivity contribution < 1.29 is 4.42 Å². The van der Waals surface area contributed by atoms with E-state index in [0.29, 0.717) is 22.8 Å². The van der Waals surface area contributed by atoms with Gasteiger partial charge < -0.3 is 9.32 Å². The minimum absolute atomic E-state index is 0.575. The average molecular weight is 297 g/mol. The van der Waals surface area contributed by atoms with Crippen LogP contribution >= 0.6 is 0 Å². The molecule has 110 valence electrons. The van der Waals surface area contributed by atoms with Crippen molar-refractivity contribution in [1.82, 2.24) is 0 Å². The first-order valence-electron chi connectivity index (χ1n) is 7.20. The van der Waals surface area contributed by atoms with Gasteiger partial charge in [0.05, 0.1) is 5.56 Å². The number of para-hydroxylation sites is 1. The predicted octanol–water partition coefficient (Wildman–Crippen LogP) is 4.68. The maximum atomic E-state index is 6.07. The largest absolute Gasteiger partial charge is 0.437 e. The van der Waals surface area contributed by atoms with Crippen LogP contribution in [0.25, 0.3) is 11.3 Å². The van der Waals surface area contributed by atoms with E-state index in [0.717, 1.165) is 11.3 Å². The van der Waals surface area contributed by atoms with Crippen LogP contribution in [0.3, 0.4) is 0 Å². The zero-order chi connectivity index (χ0) is 16.2. The molecule has 0 amide bonds. The minimum Gasteiger partial charge on any atom is -0.437 e. The van der Waals surface area contributed by atoms with Gasteiger partial charge in [-0.15, -0.1) is 12.8 Å². The predicted molar refractivity (Wildman–Crippen MR) is 94.5 cm³/mol. The van der Waals surface area contributed by atoms with E-state index >= 15 is 0 Å². The molecule has 0 aliphatic heterocycles. The van der Waals surface area contributed by atoms with Gasteiger partial charge in [-0.3, -0.25) is 0 Å². The summed E-state index contributed by atoms with van der Waals surface area (Å²) in [5.41, 5.74) is 3.08. The maximum Gasteiger partial charge on any atom is 0.217 e. The molecular weight excluding hydrogens is 282 g/mol. The van der Waals surface area contributed by atoms with Crippen molar-refractivity contribution in [2.45, 2.75) is 0 Å². The van der Waals surface area contributed by atoms with Crippen LogP contribution in [0.1, 0.15) is 11.1 Å². The molecule has 0 spiro atoms. The lowest BCUT2D eigenvalue weighted by Crippen LogP contribution is -2.09. The number of hydrogen-bond acceptors (Lipinski definition) is 2. The van der Waals surface area contributed by atoms with Gasteiger partial charge in [0.25, 0.3) is 0 Å². The molecule has 0 saturated heterocycles. The van der Waals surface area contributed by atoms with Crippen LogP contribution < -0.4 is 4.90 Å². The summed E-state index contributed by atoms with van der Waals surface area (Å²) in [7, 11) is 1.91. The lowest BCUT2D eigenvalue weighted by atomic mass is 10.1. The Morgan fingerprint density at radius 3 is 1.96 bits per heavy atom. The molecule has 3 rings (SSSR count). The third kappa shape index (κ3) is 2.59. The van der Waals surface area contributed by atoms with Crippen molar-refractivity contribution in [2.75, 3.05) is 11.9 Å². The van der Waals surface area contributed by atoms with Crippen LogP contribution in [0.5, 0.6) is 0 Å². The number of nitrogens with zero attached hydrogens (tertiary/aromatic N) is 1. The van der Waals surface area contributed by atoms with E-state index in [-0.39, 0.29) is 0 Å². The van der Waals surface area contributed by atoms with Crippen LogP contribution in [-0.2, 0) is 0 Å². The summed E-state index contributed by atoms with van der Waals surface area (Å²) in [4.78, 5) is 1.91. The molecule has 0 bridgehead atoms. The Balaban J connectivity index is 2.18. The van der Waals surface area contributed by atoms with Crippen molar-refractivity contribution in [1.29, 1.82) is 0 Å². The summed E-state index contributed by atoms with van der Waals surface area (Å²) in [6, 6.07) is 19.6. The third-order valence-electron chi connectivity index (χ3n) is 3.66. The van der Waals surface area contributed by atoms with Crippen LogP contribution in [0.2, 0.25) is 0 Å². The molecule has 1 heterocycles. The van der Waals surface area contributed by atoms with Crippen molar-refractivity contribution in [2.24, 2.45) is 0 Å². The van der Waals surface area contributed by atoms with Gasteiger partial charge in [-0.05, 0) is 12.1 Å². The van der Waals surface area contributed by atoms with Crippen molar-refractivity contribution in [3.63, 3.8) is 0 Å². The van der Waals surface area contributed by atoms with Crippen molar-refractivity contribution in [3.05, 3.63) is 71.8 Å². The molecular formula is C21H15NO. The Labute approximate surface area is 136 Å². The van der Waals surface area contributed by atoms with Crippen molar-refractivity contribution in [3.8, 4) is 36.0 Å². The van der Waals surface area contributed by atoms with E-state index in [1.807, 2.05) is 72.6 Å². The number of rotatable bonds is 3. The first kappa shape index (κ1) is 14.6. The quantitative estimate of drug-likeness (QED) is 0.653. The molecule has 0 atom stereocenters. The van der Waals surface area contributed by atoms with Crippen LogP contribution in [0.4, 0.5) is 11.6 Å². The highest BCUT2D eigenvalue weighted by molar-refractivity contribution is 5.78. The molecule has 0 saturated carbocycles. The second-order valence-electron chi connectivity index (χ2n) is 5.04. The molecule has 23 heavy (non-hydrogen) atoms. The number of terminal acetylenes is 2. The molecule has 2 aromatic carbocycles. The standard InChI is InChI=1S/C21H15NO/c1-4-18-19(5-2)21(22(3)17-14-10-7-11-15-17)23-20(18)16-12-8-6-9-13-16/h1-2,6-15H,3H3. The molecule has 0 fully saturated rings. The smallest absolute Gasteiger partial charge is 0.217 e. The first-order valence-corrected chi connectivity index (χ1v) is 7.20. The second-order valence-corrected chi connectivity index (χ2v) is 5.04. The molecule has 1 aromatic heterocycles. The summed E-state index contributed by atoms with van der Waals surface area (Å²) in [5.74, 6) is 6.55. The van der Waals surface area contributed by atoms with E-state index in [4.69, 9.17) is 17.3 Å². The summed E-state index contributed by atoms with van der Waals surface area (Å²) in [6.07, 6.45) is 11.4. The fraction of sp³-hybridized carbons (Fsp3) is 0.0476. The highest BCUT2D eigenvalue weighted by Gasteiger charge is 2.22. The minimum atomic E-state index is 0.575. The molecule has 0 aliphatic carbocycles. The van der Waals surface area contributed by atoms with Gasteiger partial charge in [0.2, 0.25) is 5.88 Å². The molecule has 0 unspecified atom stereocenters. The third-order valence-corrected chi connectivity index (χ3v) is 3.66. The van der Waals surface area contributed by atoms with Crippen LogP contribution in [-0.4, -0.2) is 7.05 Å². The van der Waals surface area contributed by atoms with Crippen LogP contribution in [0, 0.1) is 24.7 Å². The summed E-state index contributed by atoms with van der Waals surface area (Å²) in [5, 5.41) is 0. The van der Waals surface area contributed by atoms with Crippen molar-refractivity contribution >= 4 is 11.6 Å². The van der Waals surface area contributed by atoms with Crippen LogP contribution in [0.15, 0.2) is 65.1 Å². The molecule has 0 aliphatic rings. The van der Waals surface area contributed by atoms with Gasteiger partial charge in [0, 0.05) is 18.3 Å². The monoisotopic (exact) mass is 297 g/mol. The van der Waals surface area contributed by atoms with E-state index < -0.39 is 0 Å². The lowest BCUT2D eigenvalue weighted by Gasteiger charge is -2.16. The zero-order valence-corrected chi connectivity index (χ0v) is 12.8. The number of hydrogen-bond donors (Lipinski definition) is 0. The number of benzene rings is 2. The number of anilines is 2. The molecule has 3 aromatic rings. The second kappa shape index (κ2) is 6.18.